The molecule has 0 radical (unpaired) electrons. The second-order valence-corrected chi connectivity index (χ2v) is 9.63. The quantitative estimate of drug-likeness (QED) is 0.746. The minimum atomic E-state index is -0.361. The minimum absolute atomic E-state index is 0.0756. The Hall–Kier alpha value is -2.08. The Bertz CT molecular complexity index is 900. The maximum atomic E-state index is 13.7. The van der Waals surface area contributed by atoms with E-state index in [1.807, 2.05) is 30.1 Å². The fourth-order valence-electron chi connectivity index (χ4n) is 6.41. The van der Waals surface area contributed by atoms with Crippen LogP contribution in [0.25, 0.3) is 0 Å². The van der Waals surface area contributed by atoms with Crippen molar-refractivity contribution in [3.05, 3.63) is 35.9 Å². The van der Waals surface area contributed by atoms with E-state index in [0.29, 0.717) is 34.9 Å². The molecule has 1 aromatic carbocycles. The predicted molar refractivity (Wildman–Crippen MR) is 111 cm³/mol. The highest BCUT2D eigenvalue weighted by atomic mass is 35.5. The van der Waals surface area contributed by atoms with E-state index in [-0.39, 0.29) is 16.9 Å². The molecular formula is C22H27ClN4O2. The van der Waals surface area contributed by atoms with Gasteiger partial charge < -0.3 is 10.1 Å². The molecule has 1 N–H and O–H groups in total. The summed E-state index contributed by atoms with van der Waals surface area (Å²) in [5, 5.41) is 8.19. The van der Waals surface area contributed by atoms with Crippen LogP contribution in [0.3, 0.4) is 0 Å². The van der Waals surface area contributed by atoms with Crippen LogP contribution in [0.4, 0.5) is 5.69 Å². The molecule has 6 nitrogen and oxygen atoms in total. The molecular weight excluding hydrogens is 388 g/mol. The molecule has 29 heavy (non-hydrogen) atoms. The van der Waals surface area contributed by atoms with E-state index in [0.717, 1.165) is 38.5 Å². The Morgan fingerprint density at radius 2 is 2.10 bits per heavy atom. The van der Waals surface area contributed by atoms with Gasteiger partial charge in [0.2, 0.25) is 5.91 Å². The van der Waals surface area contributed by atoms with E-state index < -0.39 is 0 Å². The van der Waals surface area contributed by atoms with Crippen molar-refractivity contribution >= 4 is 23.2 Å². The lowest BCUT2D eigenvalue weighted by molar-refractivity contribution is -0.150. The molecule has 4 bridgehead atoms. The van der Waals surface area contributed by atoms with Gasteiger partial charge in [0.1, 0.15) is 12.7 Å². The zero-order chi connectivity index (χ0) is 20.1. The number of ether oxygens (including phenoxy) is 1. The van der Waals surface area contributed by atoms with Gasteiger partial charge in [-0.3, -0.25) is 4.79 Å². The summed E-state index contributed by atoms with van der Waals surface area (Å²) in [6.07, 6.45) is 10.5. The summed E-state index contributed by atoms with van der Waals surface area (Å²) in [5.74, 6) is 1.81. The van der Waals surface area contributed by atoms with E-state index in [1.54, 1.807) is 12.4 Å². The van der Waals surface area contributed by atoms with Gasteiger partial charge in [-0.2, -0.15) is 5.10 Å². The van der Waals surface area contributed by atoms with Gasteiger partial charge >= 0.3 is 0 Å². The zero-order valence-electron chi connectivity index (χ0n) is 16.7. The second kappa shape index (κ2) is 7.01. The van der Waals surface area contributed by atoms with E-state index in [1.165, 1.54) is 6.42 Å². The zero-order valence-corrected chi connectivity index (χ0v) is 17.5. The fraction of sp³-hybridized carbons (Fsp3) is 0.591. The van der Waals surface area contributed by atoms with Gasteiger partial charge in [0.15, 0.2) is 5.75 Å². The smallest absolute Gasteiger partial charge is 0.230 e. The lowest BCUT2D eigenvalue weighted by atomic mass is 9.46. The SMILES string of the molecule is CCCOc1c(Cl)cccc1NC(=O)C12CC3CC(C1)CC(n1cncn1)(C3)C2. The van der Waals surface area contributed by atoms with Gasteiger partial charge in [-0.05, 0) is 68.9 Å². The van der Waals surface area contributed by atoms with E-state index in [9.17, 15) is 4.79 Å². The average Bonchev–Trinajstić information content (AvgIpc) is 3.22. The van der Waals surface area contributed by atoms with Crippen LogP contribution in [0.1, 0.15) is 51.9 Å². The van der Waals surface area contributed by atoms with Crippen LogP contribution in [-0.2, 0) is 10.3 Å². The number of benzene rings is 1. The number of rotatable bonds is 6. The standard InChI is InChI=1S/C22H27ClN4O2/c1-2-6-29-19-17(23)4-3-5-18(19)26-20(28)21-8-15-7-16(9-21)11-22(10-15,12-21)27-14-24-13-25-27/h3-5,13-16H,2,6-12H2,1H3,(H,26,28). The van der Waals surface area contributed by atoms with E-state index >= 15 is 0 Å². The Morgan fingerprint density at radius 3 is 2.79 bits per heavy atom. The molecule has 0 spiro atoms. The van der Waals surface area contributed by atoms with Crippen LogP contribution in [-0.4, -0.2) is 27.3 Å². The highest BCUT2D eigenvalue weighted by Crippen LogP contribution is 2.64. The number of hydrogen-bond donors (Lipinski definition) is 1. The molecule has 2 unspecified atom stereocenters. The summed E-state index contributed by atoms with van der Waals surface area (Å²) in [4.78, 5) is 17.8. The Balaban J connectivity index is 1.44. The number of para-hydroxylation sites is 1. The summed E-state index contributed by atoms with van der Waals surface area (Å²) >= 11 is 6.36. The maximum absolute atomic E-state index is 13.7. The number of nitrogens with zero attached hydrogens (tertiary/aromatic N) is 3. The van der Waals surface area contributed by atoms with Crippen LogP contribution < -0.4 is 10.1 Å². The van der Waals surface area contributed by atoms with Crippen molar-refractivity contribution < 1.29 is 9.53 Å². The van der Waals surface area contributed by atoms with Crippen molar-refractivity contribution in [1.29, 1.82) is 0 Å². The topological polar surface area (TPSA) is 69.0 Å². The highest BCUT2D eigenvalue weighted by molar-refractivity contribution is 6.32. The van der Waals surface area contributed by atoms with Crippen LogP contribution in [0.2, 0.25) is 5.02 Å². The molecule has 154 valence electrons. The summed E-state index contributed by atoms with van der Waals surface area (Å²) < 4.78 is 7.88. The number of amides is 1. The molecule has 2 aromatic rings. The Morgan fingerprint density at radius 1 is 1.31 bits per heavy atom. The molecule has 1 amide bonds. The number of nitrogens with one attached hydrogen (secondary N) is 1. The summed E-state index contributed by atoms with van der Waals surface area (Å²) in [7, 11) is 0. The number of carbonyl (C=O) groups is 1. The van der Waals surface area contributed by atoms with E-state index in [2.05, 4.69) is 15.4 Å². The minimum Gasteiger partial charge on any atom is -0.490 e. The van der Waals surface area contributed by atoms with Gasteiger partial charge in [-0.15, -0.1) is 0 Å². The lowest BCUT2D eigenvalue weighted by Gasteiger charge is -2.60. The van der Waals surface area contributed by atoms with Crippen molar-refractivity contribution in [2.24, 2.45) is 17.3 Å². The highest BCUT2D eigenvalue weighted by Gasteiger charge is 2.61. The number of hydrogen-bond acceptors (Lipinski definition) is 4. The maximum Gasteiger partial charge on any atom is 0.230 e. The Kier molecular flexibility index (Phi) is 4.57. The molecule has 1 aromatic heterocycles. The molecule has 7 heteroatoms. The first-order chi connectivity index (χ1) is 14.0. The molecule has 4 aliphatic rings. The first kappa shape index (κ1) is 18.9. The summed E-state index contributed by atoms with van der Waals surface area (Å²) in [6, 6.07) is 5.53. The van der Waals surface area contributed by atoms with Crippen molar-refractivity contribution in [1.82, 2.24) is 14.8 Å². The van der Waals surface area contributed by atoms with Crippen LogP contribution in [0, 0.1) is 17.3 Å². The summed E-state index contributed by atoms with van der Waals surface area (Å²) in [5.41, 5.74) is 0.232. The van der Waals surface area contributed by atoms with Gasteiger partial charge in [-0.1, -0.05) is 24.6 Å². The monoisotopic (exact) mass is 414 g/mol. The molecule has 0 saturated heterocycles. The first-order valence-corrected chi connectivity index (χ1v) is 11.0. The third kappa shape index (κ3) is 3.12. The molecule has 6 rings (SSSR count). The normalized spacial score (nSPS) is 32.3. The van der Waals surface area contributed by atoms with Gasteiger partial charge in [0.25, 0.3) is 0 Å². The van der Waals surface area contributed by atoms with Crippen molar-refractivity contribution in [3.63, 3.8) is 0 Å². The third-order valence-corrected chi connectivity index (χ3v) is 7.38. The number of aromatic nitrogens is 3. The molecule has 4 saturated carbocycles. The summed E-state index contributed by atoms with van der Waals surface area (Å²) in [6.45, 7) is 2.62. The second-order valence-electron chi connectivity index (χ2n) is 9.22. The Labute approximate surface area is 176 Å². The number of anilines is 1. The fourth-order valence-corrected chi connectivity index (χ4v) is 6.64. The van der Waals surface area contributed by atoms with Crippen LogP contribution in [0.15, 0.2) is 30.9 Å². The van der Waals surface area contributed by atoms with Crippen molar-refractivity contribution in [2.75, 3.05) is 11.9 Å². The molecule has 4 aliphatic carbocycles. The van der Waals surface area contributed by atoms with E-state index in [4.69, 9.17) is 16.3 Å². The third-order valence-electron chi connectivity index (χ3n) is 7.08. The van der Waals surface area contributed by atoms with Crippen LogP contribution in [0.5, 0.6) is 5.75 Å². The van der Waals surface area contributed by atoms with Gasteiger partial charge in [0, 0.05) is 0 Å². The molecule has 2 atom stereocenters. The van der Waals surface area contributed by atoms with Crippen LogP contribution >= 0.6 is 11.6 Å². The molecule has 4 fully saturated rings. The number of halogens is 1. The van der Waals surface area contributed by atoms with Crippen molar-refractivity contribution in [3.8, 4) is 5.75 Å². The van der Waals surface area contributed by atoms with Crippen molar-refractivity contribution in [2.45, 2.75) is 57.4 Å². The lowest BCUT2D eigenvalue weighted by Crippen LogP contribution is -2.60. The average molecular weight is 415 g/mol. The van der Waals surface area contributed by atoms with Gasteiger partial charge in [-0.25, -0.2) is 9.67 Å². The van der Waals surface area contributed by atoms with Gasteiger partial charge in [0.05, 0.1) is 28.3 Å². The largest absolute Gasteiger partial charge is 0.490 e. The predicted octanol–water partition coefficient (Wildman–Crippen LogP) is 4.65. The first-order valence-electron chi connectivity index (χ1n) is 10.6. The molecule has 1 heterocycles. The molecule has 0 aliphatic heterocycles. The number of carbonyl (C=O) groups excluding carboxylic acids is 1.